The number of benzene rings is 1. The lowest BCUT2D eigenvalue weighted by Gasteiger charge is -2.33. The van der Waals surface area contributed by atoms with Crippen molar-refractivity contribution in [3.05, 3.63) is 52.5 Å². The van der Waals surface area contributed by atoms with Gasteiger partial charge in [0.25, 0.3) is 0 Å². The molecule has 1 aliphatic heterocycles. The maximum atomic E-state index is 10.3. The Hall–Kier alpha value is -1.27. The van der Waals surface area contributed by atoms with Crippen LogP contribution in [0.25, 0.3) is 0 Å². The van der Waals surface area contributed by atoms with Crippen molar-refractivity contribution >= 4 is 11.3 Å². The van der Waals surface area contributed by atoms with E-state index < -0.39 is 6.10 Å². The smallest absolute Gasteiger partial charge is 0.123 e. The third kappa shape index (κ3) is 3.24. The lowest BCUT2D eigenvalue weighted by molar-refractivity contribution is -0.0424. The van der Waals surface area contributed by atoms with Crippen molar-refractivity contribution in [2.24, 2.45) is 0 Å². The molecule has 20 heavy (non-hydrogen) atoms. The zero-order valence-corrected chi connectivity index (χ0v) is 12.0. The second-order valence-electron chi connectivity index (χ2n) is 4.92. The van der Waals surface area contributed by atoms with E-state index >= 15 is 0 Å². The molecule has 0 bridgehead atoms. The van der Waals surface area contributed by atoms with Gasteiger partial charge in [-0.3, -0.25) is 4.90 Å². The molecule has 106 valence electrons. The van der Waals surface area contributed by atoms with E-state index in [1.54, 1.807) is 17.5 Å². The molecule has 5 heteroatoms. The van der Waals surface area contributed by atoms with E-state index in [-0.39, 0.29) is 6.10 Å². The molecule has 0 spiro atoms. The Labute approximate surface area is 122 Å². The first-order valence-electron chi connectivity index (χ1n) is 6.79. The highest BCUT2D eigenvalue weighted by Crippen LogP contribution is 2.25. The van der Waals surface area contributed by atoms with Crippen molar-refractivity contribution in [3.63, 3.8) is 0 Å². The fourth-order valence-corrected chi connectivity index (χ4v) is 3.11. The summed E-state index contributed by atoms with van der Waals surface area (Å²) in [4.78, 5) is 6.56. The van der Waals surface area contributed by atoms with Crippen LogP contribution in [0.3, 0.4) is 0 Å². The Morgan fingerprint density at radius 3 is 3.00 bits per heavy atom. The first-order valence-corrected chi connectivity index (χ1v) is 7.67. The Kier molecular flexibility index (Phi) is 4.42. The lowest BCUT2D eigenvalue weighted by Crippen LogP contribution is -2.40. The number of thiazole rings is 1. The molecule has 0 radical (unpaired) electrons. The fourth-order valence-electron chi connectivity index (χ4n) is 2.44. The summed E-state index contributed by atoms with van der Waals surface area (Å²) in [6.07, 6.45) is 1.39. The van der Waals surface area contributed by atoms with Crippen LogP contribution in [0.2, 0.25) is 0 Å². The van der Waals surface area contributed by atoms with Crippen LogP contribution in [-0.2, 0) is 4.74 Å². The Bertz CT molecular complexity index is 518. The molecule has 0 aliphatic carbocycles. The van der Waals surface area contributed by atoms with Crippen LogP contribution in [0.15, 0.2) is 41.9 Å². The molecule has 2 aromatic rings. The zero-order valence-electron chi connectivity index (χ0n) is 11.2. The third-order valence-electron chi connectivity index (χ3n) is 3.49. The van der Waals surface area contributed by atoms with Gasteiger partial charge in [0, 0.05) is 31.2 Å². The largest absolute Gasteiger partial charge is 0.387 e. The van der Waals surface area contributed by atoms with Crippen molar-refractivity contribution in [3.8, 4) is 0 Å². The molecule has 1 aromatic carbocycles. The fraction of sp³-hybridized carbons (Fsp3) is 0.400. The maximum absolute atomic E-state index is 10.3. The molecule has 1 saturated heterocycles. The van der Waals surface area contributed by atoms with Crippen molar-refractivity contribution in [2.45, 2.75) is 12.2 Å². The number of hydrogen-bond donors (Lipinski definition) is 1. The van der Waals surface area contributed by atoms with Crippen LogP contribution in [0.4, 0.5) is 0 Å². The van der Waals surface area contributed by atoms with Gasteiger partial charge < -0.3 is 9.84 Å². The minimum absolute atomic E-state index is 0.0340. The van der Waals surface area contributed by atoms with Gasteiger partial charge in [0.15, 0.2) is 0 Å². The normalized spacial score (nSPS) is 21.8. The number of hydrogen-bond acceptors (Lipinski definition) is 5. The number of aromatic nitrogens is 1. The quantitative estimate of drug-likeness (QED) is 0.938. The van der Waals surface area contributed by atoms with Crippen molar-refractivity contribution in [1.82, 2.24) is 9.88 Å². The van der Waals surface area contributed by atoms with Gasteiger partial charge in [0.05, 0.1) is 12.7 Å². The molecule has 0 saturated carbocycles. The highest BCUT2D eigenvalue weighted by Gasteiger charge is 2.25. The molecular formula is C15H18N2O2S. The number of nitrogens with zero attached hydrogens (tertiary/aromatic N) is 2. The van der Waals surface area contributed by atoms with E-state index in [4.69, 9.17) is 4.74 Å². The summed E-state index contributed by atoms with van der Waals surface area (Å²) < 4.78 is 5.76. The molecule has 3 rings (SSSR count). The highest BCUT2D eigenvalue weighted by atomic mass is 32.1. The summed E-state index contributed by atoms with van der Waals surface area (Å²) in [5.74, 6) is 0. The molecule has 2 atom stereocenters. The Balaban J connectivity index is 1.60. The molecule has 4 nitrogen and oxygen atoms in total. The minimum atomic E-state index is -0.453. The number of β-amino-alcohol motifs (C(OH)–C–C–N with tert-alkyl or cyclic N) is 1. The van der Waals surface area contributed by atoms with Gasteiger partial charge in [0.1, 0.15) is 11.1 Å². The monoisotopic (exact) mass is 290 g/mol. The van der Waals surface area contributed by atoms with Crippen LogP contribution in [-0.4, -0.2) is 41.2 Å². The average molecular weight is 290 g/mol. The second kappa shape index (κ2) is 6.45. The van der Waals surface area contributed by atoms with E-state index in [1.165, 1.54) is 0 Å². The molecule has 1 N–H and O–H groups in total. The first-order chi connectivity index (χ1) is 9.83. The van der Waals surface area contributed by atoms with Crippen molar-refractivity contribution in [1.29, 1.82) is 0 Å². The molecule has 0 unspecified atom stereocenters. The van der Waals surface area contributed by atoms with Gasteiger partial charge in [-0.2, -0.15) is 0 Å². The van der Waals surface area contributed by atoms with Gasteiger partial charge >= 0.3 is 0 Å². The lowest BCUT2D eigenvalue weighted by atomic mass is 10.1. The van der Waals surface area contributed by atoms with E-state index in [9.17, 15) is 5.11 Å². The molecule has 2 heterocycles. The number of aliphatic hydroxyl groups excluding tert-OH is 1. The third-order valence-corrected chi connectivity index (χ3v) is 4.36. The van der Waals surface area contributed by atoms with Crippen LogP contribution >= 0.6 is 11.3 Å². The van der Waals surface area contributed by atoms with Gasteiger partial charge in [-0.1, -0.05) is 30.3 Å². The molecule has 1 fully saturated rings. The Morgan fingerprint density at radius 1 is 1.40 bits per heavy atom. The summed E-state index contributed by atoms with van der Waals surface area (Å²) in [6.45, 7) is 2.96. The highest BCUT2D eigenvalue weighted by molar-refractivity contribution is 7.09. The minimum Gasteiger partial charge on any atom is -0.387 e. The van der Waals surface area contributed by atoms with Crippen LogP contribution < -0.4 is 0 Å². The van der Waals surface area contributed by atoms with Crippen molar-refractivity contribution in [2.75, 3.05) is 26.2 Å². The van der Waals surface area contributed by atoms with E-state index in [1.807, 2.05) is 35.7 Å². The summed E-state index contributed by atoms with van der Waals surface area (Å²) in [5, 5.41) is 13.3. The van der Waals surface area contributed by atoms with Gasteiger partial charge in [-0.25, -0.2) is 4.98 Å². The SMILES string of the molecule is O[C@H](CN1CCO[C@H](c2nccs2)C1)c1ccccc1. The maximum Gasteiger partial charge on any atom is 0.123 e. The van der Waals surface area contributed by atoms with E-state index in [0.717, 1.165) is 23.7 Å². The number of morpholine rings is 1. The average Bonchev–Trinajstić information content (AvgIpc) is 3.03. The molecular weight excluding hydrogens is 272 g/mol. The first kappa shape index (κ1) is 13.7. The summed E-state index contributed by atoms with van der Waals surface area (Å²) in [5.41, 5.74) is 0.963. The summed E-state index contributed by atoms with van der Waals surface area (Å²) >= 11 is 1.62. The summed E-state index contributed by atoms with van der Waals surface area (Å²) in [6, 6.07) is 9.79. The predicted octanol–water partition coefficient (Wildman–Crippen LogP) is 2.25. The van der Waals surface area contributed by atoms with Gasteiger partial charge in [0.2, 0.25) is 0 Å². The zero-order chi connectivity index (χ0) is 13.8. The Morgan fingerprint density at radius 2 is 2.25 bits per heavy atom. The van der Waals surface area contributed by atoms with E-state index in [2.05, 4.69) is 9.88 Å². The molecule has 1 aliphatic rings. The molecule has 0 amide bonds. The number of rotatable bonds is 4. The van der Waals surface area contributed by atoms with Crippen LogP contribution in [0, 0.1) is 0 Å². The van der Waals surface area contributed by atoms with Crippen molar-refractivity contribution < 1.29 is 9.84 Å². The van der Waals surface area contributed by atoms with Crippen LogP contribution in [0.1, 0.15) is 22.8 Å². The van der Waals surface area contributed by atoms with Crippen LogP contribution in [0.5, 0.6) is 0 Å². The van der Waals surface area contributed by atoms with Gasteiger partial charge in [-0.15, -0.1) is 11.3 Å². The van der Waals surface area contributed by atoms with Gasteiger partial charge in [-0.05, 0) is 5.56 Å². The topological polar surface area (TPSA) is 45.6 Å². The molecule has 1 aromatic heterocycles. The number of ether oxygens (including phenoxy) is 1. The van der Waals surface area contributed by atoms with E-state index in [0.29, 0.717) is 13.2 Å². The standard InChI is InChI=1S/C15H18N2O2S/c18-13(12-4-2-1-3-5-12)10-17-7-8-19-14(11-17)15-16-6-9-20-15/h1-6,9,13-14,18H,7-8,10-11H2/t13-,14+/m1/s1. The number of aliphatic hydroxyl groups is 1. The summed E-state index contributed by atoms with van der Waals surface area (Å²) in [7, 11) is 0. The second-order valence-corrected chi connectivity index (χ2v) is 5.84. The predicted molar refractivity (Wildman–Crippen MR) is 78.6 cm³/mol.